The number of aliphatic carboxylic acids is 1. The highest BCUT2D eigenvalue weighted by Crippen LogP contribution is 2.13. The summed E-state index contributed by atoms with van der Waals surface area (Å²) in [6, 6.07) is -0.0993. The molecular weight excluding hydrogens is 240 g/mol. The van der Waals surface area contributed by atoms with Gasteiger partial charge in [-0.25, -0.2) is 9.59 Å². The van der Waals surface area contributed by atoms with Crippen molar-refractivity contribution in [1.82, 2.24) is 9.80 Å². The van der Waals surface area contributed by atoms with E-state index in [-0.39, 0.29) is 25.2 Å². The number of urea groups is 1. The summed E-state index contributed by atoms with van der Waals surface area (Å²) in [5, 5.41) is 8.90. The Morgan fingerprint density at radius 3 is 2.72 bits per heavy atom. The predicted molar refractivity (Wildman–Crippen MR) is 61.3 cm³/mol. The van der Waals surface area contributed by atoms with Gasteiger partial charge in [0.1, 0.15) is 0 Å². The van der Waals surface area contributed by atoms with Gasteiger partial charge in [-0.2, -0.15) is 0 Å². The van der Waals surface area contributed by atoms with E-state index in [0.29, 0.717) is 26.3 Å². The molecular formula is C11H18N2O5. The third kappa shape index (κ3) is 2.73. The molecule has 0 radical (unpaired) electrons. The van der Waals surface area contributed by atoms with Crippen LogP contribution in [0.3, 0.4) is 0 Å². The molecule has 2 aliphatic rings. The number of hydrogen-bond donors (Lipinski definition) is 1. The van der Waals surface area contributed by atoms with Crippen molar-refractivity contribution in [2.24, 2.45) is 0 Å². The van der Waals surface area contributed by atoms with Gasteiger partial charge < -0.3 is 24.4 Å². The van der Waals surface area contributed by atoms with E-state index in [1.165, 1.54) is 0 Å². The number of ether oxygens (including phenoxy) is 2. The molecule has 0 aromatic rings. The lowest BCUT2D eigenvalue weighted by atomic mass is 10.2. The Morgan fingerprint density at radius 2 is 2.06 bits per heavy atom. The van der Waals surface area contributed by atoms with Crippen molar-refractivity contribution in [3.8, 4) is 0 Å². The van der Waals surface area contributed by atoms with Crippen molar-refractivity contribution >= 4 is 12.0 Å². The number of hydrogen-bond acceptors (Lipinski definition) is 4. The predicted octanol–water partition coefficient (Wildman–Crippen LogP) is -0.387. The topological polar surface area (TPSA) is 79.3 Å². The minimum Gasteiger partial charge on any atom is -0.479 e. The zero-order valence-corrected chi connectivity index (χ0v) is 10.4. The summed E-state index contributed by atoms with van der Waals surface area (Å²) in [5.74, 6) is -1.03. The molecule has 18 heavy (non-hydrogen) atoms. The van der Waals surface area contributed by atoms with Gasteiger partial charge in [0.05, 0.1) is 32.4 Å². The molecule has 102 valence electrons. The summed E-state index contributed by atoms with van der Waals surface area (Å²) in [4.78, 5) is 26.4. The van der Waals surface area contributed by atoms with Gasteiger partial charge in [0, 0.05) is 13.1 Å². The summed E-state index contributed by atoms with van der Waals surface area (Å²) < 4.78 is 10.4. The first-order chi connectivity index (χ1) is 8.59. The third-order valence-electron chi connectivity index (χ3n) is 3.23. The second-order valence-corrected chi connectivity index (χ2v) is 4.54. The number of carbonyl (C=O) groups excluding carboxylic acids is 1. The minimum absolute atomic E-state index is 0.0253. The van der Waals surface area contributed by atoms with Crippen LogP contribution in [0.15, 0.2) is 0 Å². The lowest BCUT2D eigenvalue weighted by Crippen LogP contribution is -2.57. The van der Waals surface area contributed by atoms with Crippen LogP contribution in [0, 0.1) is 0 Å². The molecule has 0 aliphatic carbocycles. The number of morpholine rings is 2. The molecule has 0 aromatic heterocycles. The summed E-state index contributed by atoms with van der Waals surface area (Å²) >= 11 is 0. The van der Waals surface area contributed by atoms with Crippen LogP contribution in [-0.2, 0) is 14.3 Å². The molecule has 7 heteroatoms. The maximum absolute atomic E-state index is 12.3. The van der Waals surface area contributed by atoms with Gasteiger partial charge in [-0.15, -0.1) is 0 Å². The molecule has 2 amide bonds. The molecule has 2 unspecified atom stereocenters. The van der Waals surface area contributed by atoms with Gasteiger partial charge in [0.25, 0.3) is 0 Å². The summed E-state index contributed by atoms with van der Waals surface area (Å²) in [5.41, 5.74) is 0. The second kappa shape index (κ2) is 5.53. The van der Waals surface area contributed by atoms with Gasteiger partial charge >= 0.3 is 12.0 Å². The molecule has 2 atom stereocenters. The number of carbonyl (C=O) groups is 2. The lowest BCUT2D eigenvalue weighted by Gasteiger charge is -2.39. The van der Waals surface area contributed by atoms with Crippen molar-refractivity contribution in [2.45, 2.75) is 19.1 Å². The number of carboxylic acid groups (broad SMARTS) is 1. The van der Waals surface area contributed by atoms with Crippen molar-refractivity contribution in [3.63, 3.8) is 0 Å². The van der Waals surface area contributed by atoms with Crippen LogP contribution < -0.4 is 0 Å². The quantitative estimate of drug-likeness (QED) is 0.693. The van der Waals surface area contributed by atoms with Crippen LogP contribution in [0.5, 0.6) is 0 Å². The van der Waals surface area contributed by atoms with Crippen molar-refractivity contribution in [1.29, 1.82) is 0 Å². The average molecular weight is 258 g/mol. The summed E-state index contributed by atoms with van der Waals surface area (Å²) in [6.45, 7) is 4.34. The fourth-order valence-electron chi connectivity index (χ4n) is 2.17. The van der Waals surface area contributed by atoms with E-state index in [4.69, 9.17) is 14.6 Å². The highest BCUT2D eigenvalue weighted by molar-refractivity contribution is 5.77. The largest absolute Gasteiger partial charge is 0.479 e. The fraction of sp³-hybridized carbons (Fsp3) is 0.818. The molecule has 2 heterocycles. The first-order valence-corrected chi connectivity index (χ1v) is 6.07. The van der Waals surface area contributed by atoms with Gasteiger partial charge in [0.2, 0.25) is 0 Å². The number of carboxylic acids is 1. The van der Waals surface area contributed by atoms with Crippen LogP contribution in [0.4, 0.5) is 4.79 Å². The lowest BCUT2D eigenvalue weighted by molar-refractivity contribution is -0.154. The molecule has 0 saturated carbocycles. The third-order valence-corrected chi connectivity index (χ3v) is 3.23. The van der Waals surface area contributed by atoms with Crippen LogP contribution >= 0.6 is 0 Å². The Hall–Kier alpha value is -1.34. The monoisotopic (exact) mass is 258 g/mol. The molecule has 2 rings (SSSR count). The van der Waals surface area contributed by atoms with Gasteiger partial charge in [0.15, 0.2) is 6.10 Å². The molecule has 2 aliphatic heterocycles. The number of rotatable bonds is 1. The average Bonchev–Trinajstić information content (AvgIpc) is 2.38. The van der Waals surface area contributed by atoms with E-state index in [9.17, 15) is 9.59 Å². The molecule has 7 nitrogen and oxygen atoms in total. The standard InChI is InChI=1S/C11H18N2O5/c1-8-7-17-4-3-13(8)11(16)12-2-5-18-9(6-12)10(14)15/h8-9H,2-7H2,1H3,(H,14,15). The van der Waals surface area contributed by atoms with Crippen molar-refractivity contribution in [3.05, 3.63) is 0 Å². The Kier molecular flexibility index (Phi) is 4.03. The fourth-order valence-corrected chi connectivity index (χ4v) is 2.17. The Labute approximate surface area is 105 Å². The van der Waals surface area contributed by atoms with E-state index in [0.717, 1.165) is 0 Å². The van der Waals surface area contributed by atoms with Crippen LogP contribution in [0.2, 0.25) is 0 Å². The summed E-state index contributed by atoms with van der Waals surface area (Å²) in [6.07, 6.45) is -0.918. The maximum atomic E-state index is 12.3. The first kappa shape index (κ1) is 13.1. The van der Waals surface area contributed by atoms with Gasteiger partial charge in [-0.05, 0) is 6.92 Å². The summed E-state index contributed by atoms with van der Waals surface area (Å²) in [7, 11) is 0. The Balaban J connectivity index is 1.97. The molecule has 0 aromatic carbocycles. The molecule has 2 fully saturated rings. The highest BCUT2D eigenvalue weighted by Gasteiger charge is 2.33. The highest BCUT2D eigenvalue weighted by atomic mass is 16.5. The van der Waals surface area contributed by atoms with Gasteiger partial charge in [-0.1, -0.05) is 0 Å². The maximum Gasteiger partial charge on any atom is 0.334 e. The first-order valence-electron chi connectivity index (χ1n) is 6.07. The van der Waals surface area contributed by atoms with Crippen molar-refractivity contribution < 1.29 is 24.2 Å². The van der Waals surface area contributed by atoms with E-state index < -0.39 is 12.1 Å². The molecule has 0 bridgehead atoms. The Bertz CT molecular complexity index is 335. The number of amides is 2. The normalized spacial score (nSPS) is 29.2. The molecule has 1 N–H and O–H groups in total. The van der Waals surface area contributed by atoms with Gasteiger partial charge in [-0.3, -0.25) is 0 Å². The van der Waals surface area contributed by atoms with Crippen molar-refractivity contribution in [2.75, 3.05) is 39.5 Å². The SMILES string of the molecule is CC1COCCN1C(=O)N1CCOC(C(=O)O)C1. The van der Waals surface area contributed by atoms with E-state index >= 15 is 0 Å². The van der Waals surface area contributed by atoms with E-state index in [1.807, 2.05) is 6.92 Å². The smallest absolute Gasteiger partial charge is 0.334 e. The second-order valence-electron chi connectivity index (χ2n) is 4.54. The Morgan fingerprint density at radius 1 is 1.28 bits per heavy atom. The molecule has 0 spiro atoms. The number of nitrogens with zero attached hydrogens (tertiary/aromatic N) is 2. The zero-order valence-electron chi connectivity index (χ0n) is 10.4. The van der Waals surface area contributed by atoms with Crippen LogP contribution in [0.1, 0.15) is 6.92 Å². The molecule has 2 saturated heterocycles. The minimum atomic E-state index is -1.03. The zero-order chi connectivity index (χ0) is 13.1. The van der Waals surface area contributed by atoms with Crippen LogP contribution in [-0.4, -0.2) is 78.5 Å². The van der Waals surface area contributed by atoms with Crippen LogP contribution in [0.25, 0.3) is 0 Å². The van der Waals surface area contributed by atoms with E-state index in [1.54, 1.807) is 9.80 Å². The van der Waals surface area contributed by atoms with E-state index in [2.05, 4.69) is 0 Å².